The van der Waals surface area contributed by atoms with Crippen LogP contribution >= 0.6 is 0 Å². The molecule has 1 N–H and O–H groups in total. The van der Waals surface area contributed by atoms with Crippen LogP contribution < -0.4 is 10.2 Å². The van der Waals surface area contributed by atoms with Gasteiger partial charge in [0.15, 0.2) is 24.6 Å². The lowest BCUT2D eigenvalue weighted by Crippen LogP contribution is -2.62. The Hall–Kier alpha value is -5.45. The maximum atomic E-state index is 12.7. The molecule has 5 atom stereocenters. The monoisotopic (exact) mass is 820 g/mol. The van der Waals surface area contributed by atoms with Crippen LogP contribution in [0.1, 0.15) is 51.3 Å². The molecule has 318 valence electrons. The first-order valence-electron chi connectivity index (χ1n) is 19.6. The molecule has 3 aromatic rings. The van der Waals surface area contributed by atoms with Crippen LogP contribution in [0.5, 0.6) is 0 Å². The van der Waals surface area contributed by atoms with Gasteiger partial charge in [-0.05, 0) is 59.9 Å². The van der Waals surface area contributed by atoms with Crippen molar-refractivity contribution in [3.05, 3.63) is 59.4 Å². The summed E-state index contributed by atoms with van der Waals surface area (Å²) in [6.07, 6.45) is 1.28. The number of nitrogens with zero attached hydrogens (tertiary/aromatic N) is 5. The van der Waals surface area contributed by atoms with Gasteiger partial charge in [-0.25, -0.2) is 4.68 Å². The van der Waals surface area contributed by atoms with Crippen molar-refractivity contribution in [1.82, 2.24) is 20.3 Å². The molecule has 5 rings (SSSR count). The van der Waals surface area contributed by atoms with Gasteiger partial charge in [-0.3, -0.25) is 19.2 Å². The number of fused-ring (bicyclic) bond motifs is 1. The fraction of sp³-hybridized carbons (Fsp3) is 0.537. The van der Waals surface area contributed by atoms with Gasteiger partial charge in [-0.2, -0.15) is 5.26 Å². The number of hydrogen-bond acceptors (Lipinski definition) is 16. The second-order valence-corrected chi connectivity index (χ2v) is 14.0. The van der Waals surface area contributed by atoms with Gasteiger partial charge in [0.1, 0.15) is 23.4 Å². The highest BCUT2D eigenvalue weighted by atomic mass is 16.7. The van der Waals surface area contributed by atoms with Crippen molar-refractivity contribution < 1.29 is 57.1 Å². The molecular weight excluding hydrogens is 768 g/mol. The number of anilines is 1. The number of ether oxygens (including phenoxy) is 8. The van der Waals surface area contributed by atoms with Crippen LogP contribution in [0.3, 0.4) is 0 Å². The zero-order chi connectivity index (χ0) is 42.1. The van der Waals surface area contributed by atoms with Crippen molar-refractivity contribution in [2.45, 2.75) is 83.9 Å². The van der Waals surface area contributed by atoms with Gasteiger partial charge in [0.25, 0.3) is 5.91 Å². The summed E-state index contributed by atoms with van der Waals surface area (Å²) in [4.78, 5) is 50.9. The number of carbonyl (C=O) groups excluding carboxylic acids is 4. The van der Waals surface area contributed by atoms with Gasteiger partial charge in [-0.1, -0.05) is 23.4 Å². The Morgan fingerprint density at radius 2 is 1.49 bits per heavy atom. The molecule has 2 aliphatic rings. The Morgan fingerprint density at radius 1 is 0.847 bits per heavy atom. The van der Waals surface area contributed by atoms with E-state index in [4.69, 9.17) is 37.9 Å². The Labute approximate surface area is 342 Å². The van der Waals surface area contributed by atoms with Crippen molar-refractivity contribution in [2.75, 3.05) is 64.7 Å². The second-order valence-electron chi connectivity index (χ2n) is 14.0. The summed E-state index contributed by atoms with van der Waals surface area (Å²) < 4.78 is 45.8. The number of amides is 1. The van der Waals surface area contributed by atoms with E-state index in [-0.39, 0.29) is 38.5 Å². The first-order chi connectivity index (χ1) is 28.5. The molecule has 2 aliphatic heterocycles. The van der Waals surface area contributed by atoms with Crippen LogP contribution in [-0.4, -0.2) is 129 Å². The first-order valence-corrected chi connectivity index (χ1v) is 19.6. The zero-order valence-electron chi connectivity index (χ0n) is 33.8. The predicted molar refractivity (Wildman–Crippen MR) is 210 cm³/mol. The number of nitrogens with one attached hydrogen (secondary N) is 1. The summed E-state index contributed by atoms with van der Waals surface area (Å²) in [5.74, 6) is -2.49. The third-order valence-electron chi connectivity index (χ3n) is 9.45. The van der Waals surface area contributed by atoms with Gasteiger partial charge in [-0.15, -0.1) is 5.10 Å². The summed E-state index contributed by atoms with van der Waals surface area (Å²) >= 11 is 0. The zero-order valence-corrected chi connectivity index (χ0v) is 33.8. The Morgan fingerprint density at radius 3 is 2.19 bits per heavy atom. The summed E-state index contributed by atoms with van der Waals surface area (Å²) in [5.41, 5.74) is 2.51. The lowest BCUT2D eigenvalue weighted by Gasteiger charge is -2.43. The van der Waals surface area contributed by atoms with Crippen LogP contribution in [0.25, 0.3) is 16.8 Å². The van der Waals surface area contributed by atoms with Crippen LogP contribution in [0.15, 0.2) is 48.2 Å². The third kappa shape index (κ3) is 13.5. The molecule has 59 heavy (non-hydrogen) atoms. The highest BCUT2D eigenvalue weighted by molar-refractivity contribution is 6.02. The molecule has 18 heteroatoms. The Bertz CT molecular complexity index is 1960. The topological polar surface area (TPSA) is 212 Å². The molecule has 0 radical (unpaired) electrons. The SMILES string of the molecule is COC1OC(Cn2cc(COCCOCCOCCNC(=O)/C(C#N)=C/c3ccc4cc(N5CCCCC5)ccc4c3)nn2)C(OC(C)=O)C(OC(C)=O)C1OC(C)=O. The fourth-order valence-corrected chi connectivity index (χ4v) is 6.82. The van der Waals surface area contributed by atoms with E-state index in [0.717, 1.165) is 29.4 Å². The van der Waals surface area contributed by atoms with E-state index >= 15 is 0 Å². The maximum absolute atomic E-state index is 12.7. The average molecular weight is 821 g/mol. The van der Waals surface area contributed by atoms with Crippen molar-refractivity contribution in [2.24, 2.45) is 0 Å². The molecule has 2 saturated heterocycles. The average Bonchev–Trinajstić information content (AvgIpc) is 3.67. The number of rotatable bonds is 20. The summed E-state index contributed by atoms with van der Waals surface area (Å²) in [6, 6.07) is 14.3. The third-order valence-corrected chi connectivity index (χ3v) is 9.45. The van der Waals surface area contributed by atoms with Gasteiger partial charge in [0.2, 0.25) is 0 Å². The Balaban J connectivity index is 0.969. The number of piperidine rings is 1. The summed E-state index contributed by atoms with van der Waals surface area (Å²) in [6.45, 7) is 7.47. The van der Waals surface area contributed by atoms with E-state index < -0.39 is 54.5 Å². The number of carbonyl (C=O) groups is 4. The molecule has 0 aliphatic carbocycles. The first kappa shape index (κ1) is 44.6. The van der Waals surface area contributed by atoms with Crippen LogP contribution in [0.2, 0.25) is 0 Å². The van der Waals surface area contributed by atoms with E-state index in [2.05, 4.69) is 38.7 Å². The number of aromatic nitrogens is 3. The maximum Gasteiger partial charge on any atom is 0.303 e. The molecule has 18 nitrogen and oxygen atoms in total. The molecule has 0 saturated carbocycles. The molecule has 1 aromatic heterocycles. The van der Waals surface area contributed by atoms with Gasteiger partial charge in [0, 0.05) is 53.2 Å². The lowest BCUT2D eigenvalue weighted by atomic mass is 9.97. The van der Waals surface area contributed by atoms with Gasteiger partial charge >= 0.3 is 17.9 Å². The number of benzene rings is 2. The highest BCUT2D eigenvalue weighted by Crippen LogP contribution is 2.30. The van der Waals surface area contributed by atoms with Gasteiger partial charge in [0.05, 0.1) is 52.4 Å². The second kappa shape index (κ2) is 22.6. The van der Waals surface area contributed by atoms with Crippen LogP contribution in [-0.2, 0) is 70.2 Å². The number of nitriles is 1. The van der Waals surface area contributed by atoms with Crippen molar-refractivity contribution in [3.63, 3.8) is 0 Å². The number of hydrogen-bond donors (Lipinski definition) is 1. The molecule has 1 amide bonds. The van der Waals surface area contributed by atoms with E-state index in [0.29, 0.717) is 25.5 Å². The molecule has 3 heterocycles. The number of methoxy groups -OCH3 is 1. The quantitative estimate of drug-likeness (QED) is 0.0571. The molecule has 5 unspecified atom stereocenters. The summed E-state index contributed by atoms with van der Waals surface area (Å²) in [7, 11) is 1.34. The van der Waals surface area contributed by atoms with Crippen LogP contribution in [0, 0.1) is 11.3 Å². The van der Waals surface area contributed by atoms with E-state index in [1.807, 2.05) is 24.3 Å². The van der Waals surface area contributed by atoms with Crippen molar-refractivity contribution in [3.8, 4) is 6.07 Å². The largest absolute Gasteiger partial charge is 0.456 e. The molecule has 2 aromatic carbocycles. The predicted octanol–water partition coefficient (Wildman–Crippen LogP) is 2.86. The van der Waals surface area contributed by atoms with E-state index in [9.17, 15) is 24.4 Å². The smallest absolute Gasteiger partial charge is 0.303 e. The molecule has 0 bridgehead atoms. The standard InChI is InChI=1S/C41H52N6O12/c1-27(48)56-37-36(59-41(52-4)39(58-29(3)50)38(37)57-28(2)49)25-47-24-34(44-45-47)26-55-19-18-54-17-16-53-15-12-43-40(51)33(23-42)21-30-8-9-32-22-35(11-10-31(32)20-30)46-13-6-5-7-14-46/h8-11,20-22,24,36-39,41H,5-7,12-19,25-26H2,1-4H3,(H,43,51)/b33-21+. The van der Waals surface area contributed by atoms with E-state index in [1.54, 1.807) is 12.3 Å². The normalized spacial score (nSPS) is 20.8. The minimum atomic E-state index is -1.22. The highest BCUT2D eigenvalue weighted by Gasteiger charge is 2.52. The summed E-state index contributed by atoms with van der Waals surface area (Å²) in [5, 5.41) is 22.7. The van der Waals surface area contributed by atoms with Crippen LogP contribution in [0.4, 0.5) is 5.69 Å². The van der Waals surface area contributed by atoms with Crippen molar-refractivity contribution in [1.29, 1.82) is 5.26 Å². The Kier molecular flexibility index (Phi) is 17.1. The molecular formula is C41H52N6O12. The van der Waals surface area contributed by atoms with Crippen molar-refractivity contribution >= 4 is 46.4 Å². The minimum absolute atomic E-state index is 0.0107. The molecule has 2 fully saturated rings. The minimum Gasteiger partial charge on any atom is -0.456 e. The van der Waals surface area contributed by atoms with E-state index in [1.165, 1.54) is 57.5 Å². The fourth-order valence-electron chi connectivity index (χ4n) is 6.82. The lowest BCUT2D eigenvalue weighted by molar-refractivity contribution is -0.300. The molecule has 0 spiro atoms. The van der Waals surface area contributed by atoms with Gasteiger partial charge < -0.3 is 48.1 Å². The number of esters is 3.